The van der Waals surface area contributed by atoms with Crippen LogP contribution in [0.2, 0.25) is 0 Å². The third-order valence-corrected chi connectivity index (χ3v) is 1.48. The normalized spacial score (nSPS) is 13.4. The minimum atomic E-state index is -0.142. The first-order valence-corrected chi connectivity index (χ1v) is 4.29. The predicted molar refractivity (Wildman–Crippen MR) is 46.3 cm³/mol. The summed E-state index contributed by atoms with van der Waals surface area (Å²) in [6.07, 6.45) is 1.59. The van der Waals surface area contributed by atoms with Crippen molar-refractivity contribution < 1.29 is 31.3 Å². The Balaban J connectivity index is -0.000000143. The molecule has 0 aromatic rings. The van der Waals surface area contributed by atoms with Crippen molar-refractivity contribution >= 4 is 0 Å². The van der Waals surface area contributed by atoms with Crippen molar-refractivity contribution in [1.82, 2.24) is 0 Å². The zero-order valence-electron chi connectivity index (χ0n) is 8.27. The van der Waals surface area contributed by atoms with Crippen LogP contribution >= 0.6 is 0 Å². The van der Waals surface area contributed by atoms with E-state index in [0.717, 1.165) is 12.8 Å². The summed E-state index contributed by atoms with van der Waals surface area (Å²) in [5.41, 5.74) is 10.3. The molecule has 0 fully saturated rings. The standard InChI is InChI=1S/2C4H10NO.Pt/c2*1-2-4(5)3-6;/h2*4H,2-3,5H2,1H3;/q2*-1;+2/t2*4-;/m11./s1. The van der Waals surface area contributed by atoms with Gasteiger partial charge in [0.15, 0.2) is 0 Å². The molecule has 5 heteroatoms. The topological polar surface area (TPSA) is 98.2 Å². The molecule has 0 aliphatic rings. The molecule has 0 spiro atoms. The van der Waals surface area contributed by atoms with Crippen LogP contribution in [0.3, 0.4) is 0 Å². The predicted octanol–water partition coefficient (Wildman–Crippen LogP) is -1.83. The van der Waals surface area contributed by atoms with Crippen molar-refractivity contribution in [2.24, 2.45) is 11.5 Å². The Hall–Kier alpha value is 0.528. The summed E-state index contributed by atoms with van der Waals surface area (Å²) in [7, 11) is 0. The van der Waals surface area contributed by atoms with Gasteiger partial charge in [0.2, 0.25) is 0 Å². The van der Waals surface area contributed by atoms with Gasteiger partial charge in [0.25, 0.3) is 0 Å². The summed E-state index contributed by atoms with van der Waals surface area (Å²) in [5, 5.41) is 19.5. The van der Waals surface area contributed by atoms with Crippen LogP contribution in [0.5, 0.6) is 0 Å². The zero-order chi connectivity index (χ0) is 9.98. The summed E-state index contributed by atoms with van der Waals surface area (Å²) in [4.78, 5) is 0. The first kappa shape index (κ1) is 19.2. The molecule has 0 saturated carbocycles. The Morgan fingerprint density at radius 2 is 1.15 bits per heavy atom. The Bertz CT molecular complexity index is 68.5. The average molecular weight is 371 g/mol. The van der Waals surface area contributed by atoms with Gasteiger partial charge in [0, 0.05) is 0 Å². The van der Waals surface area contributed by atoms with Crippen LogP contribution in [0.4, 0.5) is 0 Å². The fraction of sp³-hybridized carbons (Fsp3) is 1.00. The maximum atomic E-state index is 9.74. The van der Waals surface area contributed by atoms with Gasteiger partial charge in [0.1, 0.15) is 0 Å². The first-order valence-electron chi connectivity index (χ1n) is 4.29. The van der Waals surface area contributed by atoms with Crippen LogP contribution in [0.25, 0.3) is 0 Å². The minimum Gasteiger partial charge on any atom is -0.853 e. The van der Waals surface area contributed by atoms with Gasteiger partial charge in [-0.3, -0.25) is 0 Å². The fourth-order valence-electron chi connectivity index (χ4n) is 0.236. The molecule has 0 amide bonds. The molecule has 0 aromatic carbocycles. The molecule has 0 heterocycles. The van der Waals surface area contributed by atoms with Crippen molar-refractivity contribution in [1.29, 1.82) is 0 Å². The van der Waals surface area contributed by atoms with E-state index in [2.05, 4.69) is 0 Å². The average Bonchev–Trinajstić information content (AvgIpc) is 2.16. The number of nitrogens with two attached hydrogens (primary N) is 2. The molecule has 84 valence electrons. The molecule has 0 aliphatic carbocycles. The quantitative estimate of drug-likeness (QED) is 0.607. The molecule has 0 saturated heterocycles. The maximum Gasteiger partial charge on any atom is 2.00 e. The molecule has 4 nitrogen and oxygen atoms in total. The van der Waals surface area contributed by atoms with Gasteiger partial charge < -0.3 is 21.7 Å². The summed E-state index contributed by atoms with van der Waals surface area (Å²) in [6, 6.07) is -0.241. The van der Waals surface area contributed by atoms with Crippen LogP contribution in [-0.2, 0) is 21.1 Å². The summed E-state index contributed by atoms with van der Waals surface area (Å²) < 4.78 is 0. The largest absolute Gasteiger partial charge is 2.00 e. The van der Waals surface area contributed by atoms with E-state index in [1.165, 1.54) is 0 Å². The third-order valence-electron chi connectivity index (χ3n) is 1.48. The van der Waals surface area contributed by atoms with Crippen molar-refractivity contribution in [2.75, 3.05) is 13.2 Å². The van der Waals surface area contributed by atoms with Gasteiger partial charge in [-0.05, 0) is 24.9 Å². The van der Waals surface area contributed by atoms with Crippen molar-refractivity contribution in [3.05, 3.63) is 0 Å². The summed E-state index contributed by atoms with van der Waals surface area (Å²) in [6.45, 7) is 3.53. The van der Waals surface area contributed by atoms with E-state index < -0.39 is 0 Å². The Kier molecular flexibility index (Phi) is 22.1. The van der Waals surface area contributed by atoms with Crippen molar-refractivity contribution in [3.63, 3.8) is 0 Å². The van der Waals surface area contributed by atoms with Crippen LogP contribution in [0.15, 0.2) is 0 Å². The van der Waals surface area contributed by atoms with Crippen molar-refractivity contribution in [3.8, 4) is 0 Å². The molecular weight excluding hydrogens is 351 g/mol. The third kappa shape index (κ3) is 19.1. The minimum absolute atomic E-state index is 0. The molecule has 0 unspecified atom stereocenters. The van der Waals surface area contributed by atoms with Gasteiger partial charge in [-0.1, -0.05) is 13.8 Å². The van der Waals surface area contributed by atoms with Crippen molar-refractivity contribution in [2.45, 2.75) is 38.8 Å². The van der Waals surface area contributed by atoms with Gasteiger partial charge in [-0.15, -0.1) is 13.2 Å². The molecule has 2 atom stereocenters. The van der Waals surface area contributed by atoms with E-state index in [-0.39, 0.29) is 46.4 Å². The Morgan fingerprint density at radius 1 is 0.923 bits per heavy atom. The van der Waals surface area contributed by atoms with E-state index in [4.69, 9.17) is 11.5 Å². The molecule has 0 bridgehead atoms. The smallest absolute Gasteiger partial charge is 0.853 e. The van der Waals surface area contributed by atoms with E-state index in [1.54, 1.807) is 0 Å². The SMILES string of the molecule is CC[C@@H](N)C[O-].CC[C@@H](N)C[O-].[Pt+2]. The van der Waals surface area contributed by atoms with Crippen LogP contribution in [0.1, 0.15) is 26.7 Å². The molecule has 4 N–H and O–H groups in total. The van der Waals surface area contributed by atoms with Crippen LogP contribution in [-0.4, -0.2) is 25.3 Å². The second-order valence-corrected chi connectivity index (χ2v) is 2.67. The monoisotopic (exact) mass is 371 g/mol. The van der Waals surface area contributed by atoms with E-state index in [1.807, 2.05) is 13.8 Å². The number of hydrogen-bond acceptors (Lipinski definition) is 4. The van der Waals surface area contributed by atoms with E-state index >= 15 is 0 Å². The molecule has 0 radical (unpaired) electrons. The van der Waals surface area contributed by atoms with Gasteiger partial charge in [-0.2, -0.15) is 0 Å². The zero-order valence-corrected chi connectivity index (χ0v) is 10.5. The molecule has 0 aliphatic heterocycles. The fourth-order valence-corrected chi connectivity index (χ4v) is 0.236. The summed E-state index contributed by atoms with van der Waals surface area (Å²) in [5.74, 6) is 0. The molecule has 0 aromatic heterocycles. The van der Waals surface area contributed by atoms with Gasteiger partial charge in [0.05, 0.1) is 0 Å². The molecule has 0 rings (SSSR count). The Morgan fingerprint density at radius 3 is 1.15 bits per heavy atom. The first-order chi connectivity index (χ1) is 5.62. The van der Waals surface area contributed by atoms with E-state index in [9.17, 15) is 10.2 Å². The Labute approximate surface area is 95.0 Å². The molecular formula is C8H20N2O2Pt. The van der Waals surface area contributed by atoms with E-state index in [0.29, 0.717) is 0 Å². The van der Waals surface area contributed by atoms with Gasteiger partial charge in [-0.25, -0.2) is 0 Å². The summed E-state index contributed by atoms with van der Waals surface area (Å²) >= 11 is 0. The van der Waals surface area contributed by atoms with Crippen LogP contribution < -0.4 is 21.7 Å². The van der Waals surface area contributed by atoms with Crippen LogP contribution in [0, 0.1) is 0 Å². The molecule has 13 heavy (non-hydrogen) atoms. The number of hydrogen-bond donors (Lipinski definition) is 2. The second-order valence-electron chi connectivity index (χ2n) is 2.67. The second kappa shape index (κ2) is 15.0. The maximum absolute atomic E-state index is 9.74. The van der Waals surface area contributed by atoms with Gasteiger partial charge >= 0.3 is 21.1 Å². The number of rotatable bonds is 4.